The van der Waals surface area contributed by atoms with Crippen molar-refractivity contribution in [2.24, 2.45) is 0 Å². The number of halogens is 2. The van der Waals surface area contributed by atoms with Gasteiger partial charge < -0.3 is 19.9 Å². The highest BCUT2D eigenvalue weighted by atomic mass is 79.9. The van der Waals surface area contributed by atoms with Gasteiger partial charge in [0.25, 0.3) is 0 Å². The summed E-state index contributed by atoms with van der Waals surface area (Å²) in [6, 6.07) is 19.3. The van der Waals surface area contributed by atoms with Gasteiger partial charge in [-0.15, -0.1) is 0 Å². The van der Waals surface area contributed by atoms with Crippen molar-refractivity contribution in [2.45, 2.75) is 19.7 Å². The largest absolute Gasteiger partial charge is 0.505 e. The Morgan fingerprint density at radius 3 is 2.41 bits per heavy atom. The lowest BCUT2D eigenvalue weighted by atomic mass is 10.1. The number of aromatic nitrogens is 3. The van der Waals surface area contributed by atoms with Gasteiger partial charge in [-0.25, -0.2) is 23.1 Å². The molecular formula is C28H22Br2N4O6S. The number of hydrogen-bond acceptors (Lipinski definition) is 8. The zero-order valence-corrected chi connectivity index (χ0v) is 25.5. The van der Waals surface area contributed by atoms with E-state index in [1.807, 2.05) is 0 Å². The van der Waals surface area contributed by atoms with Crippen molar-refractivity contribution in [3.63, 3.8) is 0 Å². The van der Waals surface area contributed by atoms with Crippen LogP contribution in [0, 0.1) is 0 Å². The fourth-order valence-electron chi connectivity index (χ4n) is 4.00. The van der Waals surface area contributed by atoms with E-state index in [4.69, 9.17) is 9.47 Å². The molecule has 1 amide bonds. The van der Waals surface area contributed by atoms with E-state index in [1.54, 1.807) is 73.8 Å². The van der Waals surface area contributed by atoms with Crippen LogP contribution >= 0.6 is 43.4 Å². The van der Waals surface area contributed by atoms with Crippen LogP contribution in [0.25, 0.3) is 16.6 Å². The fraction of sp³-hybridized carbons (Fsp3) is 0.143. The molecule has 0 aliphatic rings. The molecule has 0 aliphatic heterocycles. The van der Waals surface area contributed by atoms with Crippen LogP contribution in [0.15, 0.2) is 85.3 Å². The van der Waals surface area contributed by atoms with E-state index in [2.05, 4.69) is 42.2 Å². The molecule has 210 valence electrons. The number of alkyl carbamates (subject to hydrolysis) is 1. The van der Waals surface area contributed by atoms with E-state index in [9.17, 15) is 19.5 Å². The second-order valence-electron chi connectivity index (χ2n) is 8.85. The minimum Gasteiger partial charge on any atom is -0.505 e. The standard InChI is InChI=1S/C28H22Br2N4O6S/c1-39-20-9-7-19(8-10-20)34-27(37)33(28(38)41-34)14-17-4-2-16(3-5-17)13-31-26(36)40-15-18-6-11-21-22(29)12-23(30)25(35)24(21)32-18/h2-12,35H,13-15H2,1H3,(H,31,36). The van der Waals surface area contributed by atoms with E-state index >= 15 is 0 Å². The maximum atomic E-state index is 12.9. The van der Waals surface area contributed by atoms with Crippen LogP contribution in [0.1, 0.15) is 16.8 Å². The maximum absolute atomic E-state index is 12.9. The molecule has 0 atom stereocenters. The van der Waals surface area contributed by atoms with Gasteiger partial charge in [0, 0.05) is 27.9 Å². The molecule has 2 aromatic heterocycles. The molecule has 13 heteroatoms. The Bertz CT molecular complexity index is 1850. The SMILES string of the molecule is COc1ccc(-n2sc(=O)n(Cc3ccc(CNC(=O)OCc4ccc5c(Br)cc(Br)c(O)c5n4)cc3)c2=O)cc1. The van der Waals surface area contributed by atoms with Crippen molar-refractivity contribution in [1.82, 2.24) is 18.8 Å². The molecule has 0 spiro atoms. The third-order valence-electron chi connectivity index (χ3n) is 6.17. The number of amides is 1. The van der Waals surface area contributed by atoms with Gasteiger partial charge in [-0.2, -0.15) is 0 Å². The van der Waals surface area contributed by atoms with Crippen LogP contribution in [0.4, 0.5) is 4.79 Å². The van der Waals surface area contributed by atoms with E-state index < -0.39 is 11.8 Å². The summed E-state index contributed by atoms with van der Waals surface area (Å²) in [5.41, 5.74) is 2.60. The Balaban J connectivity index is 1.17. The molecule has 0 fully saturated rings. The highest BCUT2D eigenvalue weighted by Gasteiger charge is 2.14. The number of nitrogens with zero attached hydrogens (tertiary/aromatic N) is 3. The molecule has 3 aromatic carbocycles. The molecule has 0 bridgehead atoms. The molecule has 0 unspecified atom stereocenters. The Morgan fingerprint density at radius 2 is 1.71 bits per heavy atom. The van der Waals surface area contributed by atoms with Crippen molar-refractivity contribution < 1.29 is 19.4 Å². The minimum atomic E-state index is -0.625. The molecule has 5 aromatic rings. The molecule has 2 N–H and O–H groups in total. The second kappa shape index (κ2) is 12.3. The first kappa shape index (κ1) is 28.6. The number of phenolic OH excluding ortho intramolecular Hbond substituents is 1. The highest BCUT2D eigenvalue weighted by molar-refractivity contribution is 9.11. The fourth-order valence-corrected chi connectivity index (χ4v) is 6.07. The summed E-state index contributed by atoms with van der Waals surface area (Å²) in [6.07, 6.45) is -0.625. The van der Waals surface area contributed by atoms with Crippen molar-refractivity contribution in [1.29, 1.82) is 0 Å². The average Bonchev–Trinajstić information content (AvgIpc) is 3.26. The Kier molecular flexibility index (Phi) is 8.57. The number of pyridine rings is 1. The van der Waals surface area contributed by atoms with Crippen LogP contribution in [0.2, 0.25) is 0 Å². The van der Waals surface area contributed by atoms with E-state index in [0.717, 1.165) is 32.5 Å². The summed E-state index contributed by atoms with van der Waals surface area (Å²) in [5.74, 6) is 0.659. The van der Waals surface area contributed by atoms with Crippen molar-refractivity contribution >= 4 is 60.4 Å². The first-order valence-electron chi connectivity index (χ1n) is 12.2. The normalized spacial score (nSPS) is 11.0. The summed E-state index contributed by atoms with van der Waals surface area (Å²) in [6.45, 7) is 0.260. The Labute approximate surface area is 254 Å². The molecule has 10 nitrogen and oxygen atoms in total. The predicted molar refractivity (Wildman–Crippen MR) is 162 cm³/mol. The number of ether oxygens (including phenoxy) is 2. The number of carbonyl (C=O) groups excluding carboxylic acids is 1. The molecule has 0 radical (unpaired) electrons. The lowest BCUT2D eigenvalue weighted by Crippen LogP contribution is -2.28. The summed E-state index contributed by atoms with van der Waals surface area (Å²) in [4.78, 5) is 41.7. The first-order chi connectivity index (χ1) is 19.7. The smallest absolute Gasteiger partial charge is 0.407 e. The van der Waals surface area contributed by atoms with Crippen LogP contribution < -0.4 is 20.6 Å². The monoisotopic (exact) mass is 700 g/mol. The topological polar surface area (TPSA) is 125 Å². The lowest BCUT2D eigenvalue weighted by Gasteiger charge is -2.10. The quantitative estimate of drug-likeness (QED) is 0.224. The molecule has 0 saturated heterocycles. The van der Waals surface area contributed by atoms with E-state index in [1.165, 1.54) is 8.52 Å². The van der Waals surface area contributed by atoms with Gasteiger partial charge in [0.2, 0.25) is 0 Å². The first-order valence-corrected chi connectivity index (χ1v) is 14.5. The summed E-state index contributed by atoms with van der Waals surface area (Å²) in [7, 11) is 1.56. The van der Waals surface area contributed by atoms with Crippen molar-refractivity contribution in [3.8, 4) is 17.2 Å². The molecule has 41 heavy (non-hydrogen) atoms. The highest BCUT2D eigenvalue weighted by Crippen LogP contribution is 2.36. The van der Waals surface area contributed by atoms with Crippen LogP contribution in [0.5, 0.6) is 11.5 Å². The maximum Gasteiger partial charge on any atom is 0.407 e. The third-order valence-corrected chi connectivity index (χ3v) is 8.35. The average molecular weight is 702 g/mol. The van der Waals surface area contributed by atoms with Crippen molar-refractivity contribution in [2.75, 3.05) is 7.11 Å². The van der Waals surface area contributed by atoms with E-state index in [0.29, 0.717) is 27.1 Å². The number of methoxy groups -OCH3 is 1. The van der Waals surface area contributed by atoms with E-state index in [-0.39, 0.29) is 30.3 Å². The third kappa shape index (κ3) is 6.37. The van der Waals surface area contributed by atoms with Gasteiger partial charge in [0.1, 0.15) is 17.9 Å². The number of fused-ring (bicyclic) bond motifs is 1. The number of nitrogens with one attached hydrogen (secondary N) is 1. The number of benzene rings is 3. The predicted octanol–water partition coefficient (Wildman–Crippen LogP) is 5.32. The zero-order valence-electron chi connectivity index (χ0n) is 21.5. The molecule has 0 aliphatic carbocycles. The summed E-state index contributed by atoms with van der Waals surface area (Å²) >= 11 is 7.57. The summed E-state index contributed by atoms with van der Waals surface area (Å²) < 4.78 is 14.2. The summed E-state index contributed by atoms with van der Waals surface area (Å²) in [5, 5.41) is 13.7. The zero-order chi connectivity index (χ0) is 29.1. The number of aromatic hydroxyl groups is 1. The Morgan fingerprint density at radius 1 is 1.00 bits per heavy atom. The van der Waals surface area contributed by atoms with Crippen LogP contribution in [-0.4, -0.2) is 31.8 Å². The second-order valence-corrected chi connectivity index (χ2v) is 11.5. The Hall–Kier alpha value is -3.94. The van der Waals surface area contributed by atoms with Crippen LogP contribution in [-0.2, 0) is 24.4 Å². The molecular weight excluding hydrogens is 680 g/mol. The van der Waals surface area contributed by atoms with Gasteiger partial charge in [0.05, 0.1) is 29.5 Å². The number of rotatable bonds is 8. The van der Waals surface area contributed by atoms with Gasteiger partial charge in [-0.1, -0.05) is 40.2 Å². The van der Waals surface area contributed by atoms with Gasteiger partial charge in [-0.3, -0.25) is 4.79 Å². The van der Waals surface area contributed by atoms with Crippen LogP contribution in [0.3, 0.4) is 0 Å². The lowest BCUT2D eigenvalue weighted by molar-refractivity contribution is 0.138. The number of carbonyl (C=O) groups is 1. The molecule has 2 heterocycles. The molecule has 0 saturated carbocycles. The van der Waals surface area contributed by atoms with Crippen molar-refractivity contribution in [3.05, 3.63) is 113 Å². The number of phenols is 1. The van der Waals surface area contributed by atoms with Gasteiger partial charge >= 0.3 is 16.7 Å². The van der Waals surface area contributed by atoms with Gasteiger partial charge in [-0.05, 0) is 69.5 Å². The molecule has 5 rings (SSSR count). The minimum absolute atomic E-state index is 0.00438. The van der Waals surface area contributed by atoms with Gasteiger partial charge in [0.15, 0.2) is 5.75 Å². The number of hydrogen-bond donors (Lipinski definition) is 2.